The summed E-state index contributed by atoms with van der Waals surface area (Å²) < 4.78 is 0. The maximum Gasteiger partial charge on any atom is 0.0654 e. The molecule has 0 saturated heterocycles. The summed E-state index contributed by atoms with van der Waals surface area (Å²) in [6, 6.07) is 2.06. The van der Waals surface area contributed by atoms with E-state index in [0.717, 1.165) is 0 Å². The largest absolute Gasteiger partial charge is 0.357 e. The summed E-state index contributed by atoms with van der Waals surface area (Å²) in [5.41, 5.74) is 2.36. The molecule has 46 valence electrons. The zero-order valence-electron chi connectivity index (χ0n) is 4.91. The molecule has 0 unspecified atom stereocenters. The van der Waals surface area contributed by atoms with E-state index >= 15 is 0 Å². The number of hydrogen-bond donors (Lipinski definition) is 1. The Morgan fingerprint density at radius 3 is 2.25 bits per heavy atom. The Morgan fingerprint density at radius 2 is 2.12 bits per heavy atom. The Kier molecular flexibility index (Phi) is 2.86. The molecular formula is C6H8CoN. The summed E-state index contributed by atoms with van der Waals surface area (Å²) in [6.07, 6.45) is 2.94. The maximum atomic E-state index is 2.94. The Morgan fingerprint density at radius 1 is 1.50 bits per heavy atom. The molecule has 0 amide bonds. The van der Waals surface area contributed by atoms with E-state index in [2.05, 4.69) is 17.2 Å². The van der Waals surface area contributed by atoms with Gasteiger partial charge in [-0.1, -0.05) is 0 Å². The van der Waals surface area contributed by atoms with Crippen LogP contribution in [-0.2, 0) is 16.8 Å². The number of rotatable bonds is 0. The number of nitrogens with one attached hydrogen (secondary N) is 1. The van der Waals surface area contributed by atoms with E-state index in [0.29, 0.717) is 0 Å². The first-order valence-electron chi connectivity index (χ1n) is 2.33. The normalized spacial score (nSPS) is 8.25. The number of aryl methyl sites for hydroxylation is 2. The van der Waals surface area contributed by atoms with Gasteiger partial charge in [0.05, 0.1) is 6.20 Å². The molecule has 0 aromatic carbocycles. The van der Waals surface area contributed by atoms with Gasteiger partial charge in [0.2, 0.25) is 0 Å². The van der Waals surface area contributed by atoms with E-state index < -0.39 is 0 Å². The van der Waals surface area contributed by atoms with Crippen molar-refractivity contribution in [3.8, 4) is 0 Å². The Bertz CT molecular complexity index is 141. The molecule has 1 rings (SSSR count). The van der Waals surface area contributed by atoms with Crippen molar-refractivity contribution in [2.24, 2.45) is 0 Å². The molecule has 0 bridgehead atoms. The quantitative estimate of drug-likeness (QED) is 0.580. The van der Waals surface area contributed by atoms with Crippen molar-refractivity contribution < 1.29 is 16.8 Å². The van der Waals surface area contributed by atoms with Crippen LogP contribution in [0.15, 0.2) is 6.07 Å². The molecule has 0 atom stereocenters. The van der Waals surface area contributed by atoms with Crippen LogP contribution in [0.3, 0.4) is 0 Å². The van der Waals surface area contributed by atoms with Gasteiger partial charge in [0.15, 0.2) is 0 Å². The average Bonchev–Trinajstić information content (AvgIpc) is 1.87. The van der Waals surface area contributed by atoms with Gasteiger partial charge in [-0.2, -0.15) is 0 Å². The predicted octanol–water partition coefficient (Wildman–Crippen LogP) is 1.43. The van der Waals surface area contributed by atoms with Gasteiger partial charge in [0.1, 0.15) is 0 Å². The van der Waals surface area contributed by atoms with Crippen molar-refractivity contribution in [1.82, 2.24) is 4.98 Å². The van der Waals surface area contributed by atoms with Crippen molar-refractivity contribution in [3.05, 3.63) is 23.5 Å². The van der Waals surface area contributed by atoms with Crippen LogP contribution < -0.4 is 0 Å². The van der Waals surface area contributed by atoms with Gasteiger partial charge in [-0.3, -0.25) is 0 Å². The summed E-state index contributed by atoms with van der Waals surface area (Å²) in [5.74, 6) is 0. The first-order chi connectivity index (χ1) is 3.29. The molecule has 2 radical (unpaired) electrons. The Labute approximate surface area is 59.7 Å². The van der Waals surface area contributed by atoms with Gasteiger partial charge >= 0.3 is 0 Å². The second-order valence-electron chi connectivity index (χ2n) is 1.76. The number of aromatic nitrogens is 1. The summed E-state index contributed by atoms with van der Waals surface area (Å²) in [5, 5.41) is 0. The second-order valence-corrected chi connectivity index (χ2v) is 1.76. The van der Waals surface area contributed by atoms with E-state index in [4.69, 9.17) is 0 Å². The molecule has 1 aromatic rings. The number of H-pyrrole nitrogens is 1. The SMILES string of the molecule is Cc1[c][nH]c(C)c1.[Co]. The fourth-order valence-electron chi connectivity index (χ4n) is 0.594. The topological polar surface area (TPSA) is 15.8 Å². The molecule has 1 N–H and O–H groups in total. The number of hydrogen-bond acceptors (Lipinski definition) is 0. The van der Waals surface area contributed by atoms with Crippen molar-refractivity contribution in [1.29, 1.82) is 0 Å². The Balaban J connectivity index is 0.000000490. The summed E-state index contributed by atoms with van der Waals surface area (Å²) >= 11 is 0. The van der Waals surface area contributed by atoms with Gasteiger partial charge in [-0.05, 0) is 25.5 Å². The van der Waals surface area contributed by atoms with E-state index in [9.17, 15) is 0 Å². The van der Waals surface area contributed by atoms with Crippen LogP contribution in [-0.4, -0.2) is 4.98 Å². The molecule has 0 aliphatic heterocycles. The minimum Gasteiger partial charge on any atom is -0.357 e. The van der Waals surface area contributed by atoms with Crippen LogP contribution in [0, 0.1) is 20.0 Å². The third kappa shape index (κ3) is 1.72. The fourth-order valence-corrected chi connectivity index (χ4v) is 0.594. The standard InChI is InChI=1S/C6H8N.Co/c1-5-3-6(2)7-4-5;/h3,7H,1-2H3;. The minimum absolute atomic E-state index is 0. The molecule has 0 spiro atoms. The summed E-state index contributed by atoms with van der Waals surface area (Å²) in [6.45, 7) is 4.03. The van der Waals surface area contributed by atoms with E-state index in [1.54, 1.807) is 0 Å². The van der Waals surface area contributed by atoms with Gasteiger partial charge < -0.3 is 4.98 Å². The molecule has 1 heterocycles. The minimum atomic E-state index is 0. The van der Waals surface area contributed by atoms with Gasteiger partial charge in [-0.25, -0.2) is 0 Å². The zero-order valence-corrected chi connectivity index (χ0v) is 5.95. The van der Waals surface area contributed by atoms with Gasteiger partial charge in [0, 0.05) is 22.5 Å². The number of aromatic amines is 1. The summed E-state index contributed by atoms with van der Waals surface area (Å²) in [4.78, 5) is 2.94. The van der Waals surface area contributed by atoms with Crippen LogP contribution in [0.5, 0.6) is 0 Å². The smallest absolute Gasteiger partial charge is 0.0654 e. The van der Waals surface area contributed by atoms with E-state index in [-0.39, 0.29) is 16.8 Å². The molecule has 0 aliphatic rings. The van der Waals surface area contributed by atoms with Crippen LogP contribution in [0.25, 0.3) is 0 Å². The van der Waals surface area contributed by atoms with Crippen molar-refractivity contribution >= 4 is 0 Å². The summed E-state index contributed by atoms with van der Waals surface area (Å²) in [7, 11) is 0. The fraction of sp³-hybridized carbons (Fsp3) is 0.333. The molecule has 0 fully saturated rings. The van der Waals surface area contributed by atoms with Gasteiger partial charge in [-0.15, -0.1) is 0 Å². The first-order valence-corrected chi connectivity index (χ1v) is 2.33. The molecule has 0 aliphatic carbocycles. The molecule has 8 heavy (non-hydrogen) atoms. The average molecular weight is 153 g/mol. The monoisotopic (exact) mass is 153 g/mol. The van der Waals surface area contributed by atoms with Crippen molar-refractivity contribution in [2.75, 3.05) is 0 Å². The van der Waals surface area contributed by atoms with E-state index in [1.807, 2.05) is 13.8 Å². The third-order valence-corrected chi connectivity index (χ3v) is 0.890. The molecule has 1 aromatic heterocycles. The van der Waals surface area contributed by atoms with Crippen molar-refractivity contribution in [3.63, 3.8) is 0 Å². The van der Waals surface area contributed by atoms with E-state index in [1.165, 1.54) is 11.3 Å². The Hall–Kier alpha value is -0.214. The van der Waals surface area contributed by atoms with Crippen LogP contribution in [0.1, 0.15) is 11.3 Å². The van der Waals surface area contributed by atoms with Crippen LogP contribution >= 0.6 is 0 Å². The van der Waals surface area contributed by atoms with Crippen LogP contribution in [0.2, 0.25) is 0 Å². The maximum absolute atomic E-state index is 2.94. The second kappa shape index (κ2) is 2.94. The van der Waals surface area contributed by atoms with Crippen molar-refractivity contribution in [2.45, 2.75) is 13.8 Å². The predicted molar refractivity (Wildman–Crippen MR) is 29.1 cm³/mol. The van der Waals surface area contributed by atoms with Gasteiger partial charge in [0.25, 0.3) is 0 Å². The zero-order chi connectivity index (χ0) is 5.28. The molecular weight excluding hydrogens is 145 g/mol. The molecule has 2 heteroatoms. The molecule has 0 saturated carbocycles. The first kappa shape index (κ1) is 7.79. The van der Waals surface area contributed by atoms with Crippen LogP contribution in [0.4, 0.5) is 0 Å². The third-order valence-electron chi connectivity index (χ3n) is 0.890. The molecule has 1 nitrogen and oxygen atoms in total.